The molecule has 9 aromatic rings. The van der Waals surface area contributed by atoms with Crippen LogP contribution in [0, 0.1) is 13.8 Å². The van der Waals surface area contributed by atoms with Gasteiger partial charge < -0.3 is 0 Å². The van der Waals surface area contributed by atoms with Crippen LogP contribution in [0.15, 0.2) is 211 Å². The summed E-state index contributed by atoms with van der Waals surface area (Å²) in [5.74, 6) is 1.94. The highest BCUT2D eigenvalue weighted by molar-refractivity contribution is 6.09. The Morgan fingerprint density at radius 3 is 1.28 bits per heavy atom. The minimum absolute atomic E-state index is 0.610. The van der Waals surface area contributed by atoms with Crippen LogP contribution in [0.3, 0.4) is 0 Å². The number of hydrogen-bond donors (Lipinski definition) is 0. The second-order valence-electron chi connectivity index (χ2n) is 17.5. The predicted molar refractivity (Wildman–Crippen MR) is 267 cm³/mol. The number of nitrogens with zero attached hydrogens (tertiary/aromatic N) is 4. The van der Waals surface area contributed by atoms with Crippen molar-refractivity contribution < 1.29 is 0 Å². The Morgan fingerprint density at radius 1 is 0.369 bits per heavy atom. The summed E-state index contributed by atoms with van der Waals surface area (Å²) in [6.07, 6.45) is 3.07. The van der Waals surface area contributed by atoms with E-state index in [1.165, 1.54) is 72.3 Å². The molecule has 4 nitrogen and oxygen atoms in total. The first-order valence-electron chi connectivity index (χ1n) is 22.4. The van der Waals surface area contributed by atoms with E-state index < -0.39 is 5.41 Å². The van der Waals surface area contributed by atoms with E-state index >= 15 is 0 Å². The van der Waals surface area contributed by atoms with Gasteiger partial charge in [-0.1, -0.05) is 199 Å². The number of rotatable bonds is 6. The zero-order chi connectivity index (χ0) is 43.6. The Bertz CT molecular complexity index is 3380. The zero-order valence-corrected chi connectivity index (χ0v) is 36.5. The molecule has 3 aliphatic rings. The Labute approximate surface area is 380 Å². The van der Waals surface area contributed by atoms with Gasteiger partial charge in [0.1, 0.15) is 0 Å². The molecule has 0 saturated heterocycles. The van der Waals surface area contributed by atoms with Gasteiger partial charge in [0.15, 0.2) is 17.5 Å². The van der Waals surface area contributed by atoms with Crippen LogP contribution in [0.2, 0.25) is 0 Å². The normalized spacial score (nSPS) is 15.7. The number of aryl methyl sites for hydroxylation is 2. The molecule has 2 aliphatic carbocycles. The van der Waals surface area contributed by atoms with E-state index in [2.05, 4.69) is 185 Å². The first-order valence-corrected chi connectivity index (χ1v) is 22.4. The Kier molecular flexibility index (Phi) is 9.09. The van der Waals surface area contributed by atoms with E-state index in [0.29, 0.717) is 23.9 Å². The van der Waals surface area contributed by atoms with Gasteiger partial charge >= 0.3 is 0 Å². The van der Waals surface area contributed by atoms with Crippen LogP contribution < -0.4 is 0 Å². The molecule has 65 heavy (non-hydrogen) atoms. The van der Waals surface area contributed by atoms with E-state index in [-0.39, 0.29) is 0 Å². The average Bonchev–Trinajstić information content (AvgIpc) is 3.73. The Hall–Kier alpha value is -8.08. The number of aliphatic imine (C=N–C) groups is 1. The average molecular weight is 833 g/mol. The van der Waals surface area contributed by atoms with Crippen LogP contribution in [0.25, 0.3) is 67.7 Å². The van der Waals surface area contributed by atoms with Crippen LogP contribution >= 0.6 is 0 Å². The smallest absolute Gasteiger partial charge is 0.164 e. The standard InChI is InChI=1S/C61H44N4/c1-38-24-28-48-50-30-26-45(56-33-32-47(41-16-8-4-9-17-41)40(3)57(62-56)42-18-10-5-11-19-42)36-54(50)61(52(48)34-38)53-35-39(2)25-29-49(53)51-31-27-46(37-55(51)61)60-64-58(43-20-12-6-13-21-43)63-59(65-60)44-22-14-7-15-23-44/h4-32,34-37H,33H2,1-3H3. The number of benzene rings is 8. The molecule has 1 aliphatic heterocycles. The quantitative estimate of drug-likeness (QED) is 0.168. The van der Waals surface area contributed by atoms with E-state index in [1.54, 1.807) is 0 Å². The van der Waals surface area contributed by atoms with Crippen LogP contribution in [-0.2, 0) is 5.41 Å². The van der Waals surface area contributed by atoms with Crippen LogP contribution in [-0.4, -0.2) is 20.7 Å². The largest absolute Gasteiger partial charge is 0.252 e. The van der Waals surface area contributed by atoms with Gasteiger partial charge in [-0.15, -0.1) is 0 Å². The van der Waals surface area contributed by atoms with Crippen molar-refractivity contribution in [3.63, 3.8) is 0 Å². The maximum absolute atomic E-state index is 5.62. The highest BCUT2D eigenvalue weighted by Crippen LogP contribution is 2.63. The van der Waals surface area contributed by atoms with Crippen molar-refractivity contribution in [2.75, 3.05) is 0 Å². The lowest BCUT2D eigenvalue weighted by Gasteiger charge is -2.31. The lowest BCUT2D eigenvalue weighted by atomic mass is 9.69. The molecule has 308 valence electrons. The second kappa shape index (κ2) is 15.3. The number of fused-ring (bicyclic) bond motifs is 10. The molecule has 1 spiro atoms. The summed E-state index contributed by atoms with van der Waals surface area (Å²) in [6.45, 7) is 6.64. The molecule has 0 bridgehead atoms. The van der Waals surface area contributed by atoms with Crippen molar-refractivity contribution in [2.24, 2.45) is 4.99 Å². The van der Waals surface area contributed by atoms with Crippen molar-refractivity contribution in [3.8, 4) is 56.4 Å². The minimum Gasteiger partial charge on any atom is -0.252 e. The Balaban J connectivity index is 1.09. The predicted octanol–water partition coefficient (Wildman–Crippen LogP) is 14.5. The molecular formula is C61H44N4. The van der Waals surface area contributed by atoms with E-state index in [0.717, 1.165) is 39.2 Å². The molecule has 0 radical (unpaired) electrons. The highest BCUT2D eigenvalue weighted by Gasteiger charge is 2.52. The summed E-state index contributed by atoms with van der Waals surface area (Å²) in [5, 5.41) is 0. The van der Waals surface area contributed by atoms with Gasteiger partial charge in [0.25, 0.3) is 0 Å². The number of hydrogen-bond acceptors (Lipinski definition) is 4. The maximum atomic E-state index is 5.62. The van der Waals surface area contributed by atoms with Gasteiger partial charge in [0.05, 0.1) is 16.8 Å². The third kappa shape index (κ3) is 6.28. The third-order valence-electron chi connectivity index (χ3n) is 13.5. The van der Waals surface area contributed by atoms with Gasteiger partial charge in [0, 0.05) is 28.7 Å². The summed E-state index contributed by atoms with van der Waals surface area (Å²) in [7, 11) is 0. The maximum Gasteiger partial charge on any atom is 0.164 e. The first kappa shape index (κ1) is 38.6. The van der Waals surface area contributed by atoms with Crippen molar-refractivity contribution in [2.45, 2.75) is 32.6 Å². The zero-order valence-electron chi connectivity index (χ0n) is 36.5. The summed E-state index contributed by atoms with van der Waals surface area (Å²) in [5.41, 5.74) is 22.6. The van der Waals surface area contributed by atoms with Crippen molar-refractivity contribution in [3.05, 3.63) is 256 Å². The van der Waals surface area contributed by atoms with Gasteiger partial charge in [0.2, 0.25) is 0 Å². The molecular weight excluding hydrogens is 789 g/mol. The van der Waals surface area contributed by atoms with Gasteiger partial charge in [-0.2, -0.15) is 0 Å². The molecule has 1 aromatic heterocycles. The molecule has 0 N–H and O–H groups in total. The van der Waals surface area contributed by atoms with Gasteiger partial charge in [-0.05, 0) is 99.7 Å². The lowest BCUT2D eigenvalue weighted by molar-refractivity contribution is 0.791. The molecule has 8 aromatic carbocycles. The highest BCUT2D eigenvalue weighted by atomic mass is 15.0. The van der Waals surface area contributed by atoms with Crippen molar-refractivity contribution in [1.29, 1.82) is 0 Å². The number of allylic oxidation sites excluding steroid dienone is 3. The summed E-state index contributed by atoms with van der Waals surface area (Å²) >= 11 is 0. The Morgan fingerprint density at radius 2 is 0.769 bits per heavy atom. The fourth-order valence-electron chi connectivity index (χ4n) is 10.5. The van der Waals surface area contributed by atoms with Crippen LogP contribution in [0.4, 0.5) is 0 Å². The van der Waals surface area contributed by atoms with Gasteiger partial charge in [-0.3, -0.25) is 4.99 Å². The topological polar surface area (TPSA) is 51.0 Å². The fourth-order valence-corrected chi connectivity index (χ4v) is 10.5. The summed E-state index contributed by atoms with van der Waals surface area (Å²) in [6, 6.07) is 69.7. The van der Waals surface area contributed by atoms with E-state index in [4.69, 9.17) is 19.9 Å². The molecule has 1 atom stereocenters. The minimum atomic E-state index is -0.610. The molecule has 4 heteroatoms. The molecule has 0 amide bonds. The molecule has 0 saturated carbocycles. The van der Waals surface area contributed by atoms with Crippen LogP contribution in [0.1, 0.15) is 63.4 Å². The monoisotopic (exact) mass is 832 g/mol. The first-order chi connectivity index (χ1) is 31.9. The van der Waals surface area contributed by atoms with Gasteiger partial charge in [-0.25, -0.2) is 15.0 Å². The van der Waals surface area contributed by atoms with Crippen LogP contribution in [0.5, 0.6) is 0 Å². The van der Waals surface area contributed by atoms with E-state index in [1.807, 2.05) is 36.4 Å². The number of aromatic nitrogens is 3. The molecule has 2 heterocycles. The lowest BCUT2D eigenvalue weighted by Crippen LogP contribution is -2.26. The molecule has 12 rings (SSSR count). The van der Waals surface area contributed by atoms with Crippen molar-refractivity contribution >= 4 is 17.0 Å². The van der Waals surface area contributed by atoms with Crippen molar-refractivity contribution in [1.82, 2.24) is 15.0 Å². The molecule has 1 unspecified atom stereocenters. The SMILES string of the molecule is CC1=C(c2ccccc2)N=C(c2ccc3c(c2)C2(c4cc(C)ccc4-3)c3cc(C)ccc3-c3ccc(-c4nc(-c5ccccc5)nc(-c5ccccc5)n4)cc32)CC=C1c1ccccc1. The summed E-state index contributed by atoms with van der Waals surface area (Å²) < 4.78 is 0. The van der Waals surface area contributed by atoms with E-state index in [9.17, 15) is 0 Å². The fraction of sp³-hybridized carbons (Fsp3) is 0.0820. The molecule has 0 fully saturated rings. The second-order valence-corrected chi connectivity index (χ2v) is 17.5. The summed E-state index contributed by atoms with van der Waals surface area (Å²) in [4.78, 5) is 21.1. The third-order valence-corrected chi connectivity index (χ3v) is 13.5.